The Bertz CT molecular complexity index is 1430. The van der Waals surface area contributed by atoms with Gasteiger partial charge in [-0.15, -0.1) is 23.1 Å². The molecule has 204 valence electrons. The van der Waals surface area contributed by atoms with E-state index < -0.39 is 17.8 Å². The smallest absolute Gasteiger partial charge is 0.434 e. The number of nitrogens with zero attached hydrogens (tertiary/aromatic N) is 2. The molecule has 3 aromatic carbocycles. The van der Waals surface area contributed by atoms with E-state index in [-0.39, 0.29) is 12.3 Å². The van der Waals surface area contributed by atoms with E-state index >= 15 is 0 Å². The maximum absolute atomic E-state index is 13.2. The summed E-state index contributed by atoms with van der Waals surface area (Å²) in [4.78, 5) is 16.7. The summed E-state index contributed by atoms with van der Waals surface area (Å²) in [6.07, 6.45) is -4.46. The highest BCUT2D eigenvalue weighted by Crippen LogP contribution is 2.35. The monoisotopic (exact) mass is 588 g/mol. The lowest BCUT2D eigenvalue weighted by Gasteiger charge is -2.23. The first-order chi connectivity index (χ1) is 18.5. The van der Waals surface area contributed by atoms with E-state index in [2.05, 4.69) is 17.1 Å². The third-order valence-corrected chi connectivity index (χ3v) is 8.98. The van der Waals surface area contributed by atoms with Crippen LogP contribution in [0, 0.1) is 20.8 Å². The fourth-order valence-electron chi connectivity index (χ4n) is 4.14. The molecule has 0 aliphatic carbocycles. The van der Waals surface area contributed by atoms with Crippen LogP contribution in [0.15, 0.2) is 75.8 Å². The van der Waals surface area contributed by atoms with Crippen LogP contribution in [0.1, 0.15) is 33.0 Å². The summed E-state index contributed by atoms with van der Waals surface area (Å²) in [7, 11) is 0. The molecule has 4 rings (SSSR count). The number of carboxylic acids is 1. The Morgan fingerprint density at radius 3 is 2.28 bits per heavy atom. The fraction of sp³-hybridized carbons (Fsp3) is 0.241. The van der Waals surface area contributed by atoms with E-state index in [0.29, 0.717) is 11.6 Å². The number of carboxylic acid groups (broad SMARTS) is 1. The van der Waals surface area contributed by atoms with E-state index in [0.717, 1.165) is 59.9 Å². The maximum atomic E-state index is 13.2. The van der Waals surface area contributed by atoms with E-state index in [1.807, 2.05) is 73.6 Å². The number of hydrogen-bond donors (Lipinski definition) is 1. The fourth-order valence-corrected chi connectivity index (χ4v) is 6.78. The molecule has 10 heteroatoms. The summed E-state index contributed by atoms with van der Waals surface area (Å²) in [5.74, 6) is -0.861. The molecule has 1 aromatic heterocycles. The molecule has 39 heavy (non-hydrogen) atoms. The van der Waals surface area contributed by atoms with Gasteiger partial charge in [-0.05, 0) is 72.7 Å². The number of hydrogen-bond acceptors (Lipinski definition) is 6. The minimum atomic E-state index is -4.46. The van der Waals surface area contributed by atoms with E-state index in [4.69, 9.17) is 5.11 Å². The van der Waals surface area contributed by atoms with Crippen molar-refractivity contribution in [2.45, 2.75) is 49.8 Å². The molecule has 4 nitrogen and oxygen atoms in total. The highest BCUT2D eigenvalue weighted by molar-refractivity contribution is 8.00. The van der Waals surface area contributed by atoms with Crippen molar-refractivity contribution in [3.8, 4) is 11.1 Å². The average Bonchev–Trinajstić information content (AvgIpc) is 3.35. The largest absolute Gasteiger partial charge is 0.481 e. The Kier molecular flexibility index (Phi) is 9.43. The van der Waals surface area contributed by atoms with Gasteiger partial charge in [0, 0.05) is 21.7 Å². The molecule has 0 saturated heterocycles. The summed E-state index contributed by atoms with van der Waals surface area (Å²) in [5.41, 5.74) is 5.53. The van der Waals surface area contributed by atoms with Gasteiger partial charge in [-0.25, -0.2) is 9.29 Å². The van der Waals surface area contributed by atoms with Crippen LogP contribution in [0.5, 0.6) is 0 Å². The number of aliphatic carboxylic acids is 1. The second-order valence-electron chi connectivity index (χ2n) is 9.15. The van der Waals surface area contributed by atoms with Gasteiger partial charge in [-0.3, -0.25) is 4.79 Å². The molecule has 0 unspecified atom stereocenters. The molecular weight excluding hydrogens is 562 g/mol. The zero-order valence-electron chi connectivity index (χ0n) is 21.6. The zero-order valence-corrected chi connectivity index (χ0v) is 24.0. The summed E-state index contributed by atoms with van der Waals surface area (Å²) < 4.78 is 41.5. The average molecular weight is 589 g/mol. The Morgan fingerprint density at radius 2 is 1.67 bits per heavy atom. The lowest BCUT2D eigenvalue weighted by Crippen LogP contribution is -2.16. The molecule has 0 atom stereocenters. The van der Waals surface area contributed by atoms with Gasteiger partial charge in [0.15, 0.2) is 5.69 Å². The molecule has 0 saturated carbocycles. The third kappa shape index (κ3) is 8.11. The molecule has 0 aliphatic rings. The number of benzene rings is 3. The van der Waals surface area contributed by atoms with Crippen LogP contribution in [-0.4, -0.2) is 26.1 Å². The highest BCUT2D eigenvalue weighted by Gasteiger charge is 2.33. The van der Waals surface area contributed by atoms with Crippen LogP contribution in [0.3, 0.4) is 0 Å². The van der Waals surface area contributed by atoms with Crippen LogP contribution in [0.25, 0.3) is 11.1 Å². The summed E-state index contributed by atoms with van der Waals surface area (Å²) in [6, 6.07) is 20.0. The van der Waals surface area contributed by atoms with Crippen molar-refractivity contribution in [3.63, 3.8) is 0 Å². The lowest BCUT2D eigenvalue weighted by molar-refractivity contribution is -0.140. The van der Waals surface area contributed by atoms with E-state index in [1.165, 1.54) is 23.7 Å². The number of thioether (sulfide) groups is 1. The number of alkyl halides is 3. The van der Waals surface area contributed by atoms with Gasteiger partial charge in [-0.2, -0.15) is 13.2 Å². The lowest BCUT2D eigenvalue weighted by atomic mass is 10.0. The van der Waals surface area contributed by atoms with E-state index in [1.54, 1.807) is 0 Å². The Balaban J connectivity index is 1.56. The van der Waals surface area contributed by atoms with Crippen molar-refractivity contribution in [1.82, 2.24) is 9.29 Å². The number of aromatic nitrogens is 1. The number of aryl methyl sites for hydroxylation is 3. The van der Waals surface area contributed by atoms with Crippen LogP contribution in [0.4, 0.5) is 13.2 Å². The van der Waals surface area contributed by atoms with Crippen LogP contribution in [0.2, 0.25) is 0 Å². The normalized spacial score (nSPS) is 11.8. The molecular formula is C29H27F3N2O2S3. The summed E-state index contributed by atoms with van der Waals surface area (Å²) in [6.45, 7) is 6.91. The highest BCUT2D eigenvalue weighted by atomic mass is 32.2. The van der Waals surface area contributed by atoms with Crippen molar-refractivity contribution in [1.29, 1.82) is 0 Å². The predicted octanol–water partition coefficient (Wildman–Crippen LogP) is 8.64. The first-order valence-corrected chi connectivity index (χ1v) is 14.7. The molecule has 0 amide bonds. The van der Waals surface area contributed by atoms with Gasteiger partial charge in [0.1, 0.15) is 5.01 Å². The van der Waals surface area contributed by atoms with Gasteiger partial charge in [0.05, 0.1) is 12.3 Å². The molecule has 0 aliphatic heterocycles. The van der Waals surface area contributed by atoms with Crippen LogP contribution < -0.4 is 0 Å². The third-order valence-electron chi connectivity index (χ3n) is 5.82. The molecule has 0 bridgehead atoms. The second kappa shape index (κ2) is 12.6. The maximum Gasteiger partial charge on any atom is 0.434 e. The van der Waals surface area contributed by atoms with Crippen LogP contribution >= 0.6 is 35.0 Å². The Hall–Kier alpha value is -2.79. The molecule has 1 heterocycles. The van der Waals surface area contributed by atoms with Gasteiger partial charge >= 0.3 is 12.1 Å². The molecule has 0 radical (unpaired) electrons. The molecule has 0 fully saturated rings. The molecule has 1 N–H and O–H groups in total. The topological polar surface area (TPSA) is 53.4 Å². The number of thiazole rings is 1. The van der Waals surface area contributed by atoms with Gasteiger partial charge in [0.25, 0.3) is 0 Å². The van der Waals surface area contributed by atoms with Crippen molar-refractivity contribution in [2.24, 2.45) is 0 Å². The minimum absolute atomic E-state index is 0.000610. The van der Waals surface area contributed by atoms with Crippen LogP contribution in [-0.2, 0) is 24.1 Å². The van der Waals surface area contributed by atoms with Gasteiger partial charge < -0.3 is 5.11 Å². The van der Waals surface area contributed by atoms with Gasteiger partial charge in [-0.1, -0.05) is 54.1 Å². The number of rotatable bonds is 10. The first kappa shape index (κ1) is 29.2. The summed E-state index contributed by atoms with van der Waals surface area (Å²) >= 11 is 3.83. The molecule has 4 aromatic rings. The quantitative estimate of drug-likeness (QED) is 0.148. The zero-order chi connectivity index (χ0) is 28.2. The van der Waals surface area contributed by atoms with Crippen molar-refractivity contribution in [3.05, 3.63) is 99.0 Å². The predicted molar refractivity (Wildman–Crippen MR) is 153 cm³/mol. The molecule has 0 spiro atoms. The first-order valence-electron chi connectivity index (χ1n) is 12.0. The van der Waals surface area contributed by atoms with Crippen molar-refractivity contribution < 1.29 is 23.1 Å². The minimum Gasteiger partial charge on any atom is -0.481 e. The van der Waals surface area contributed by atoms with Crippen molar-refractivity contribution >= 4 is 41.0 Å². The SMILES string of the molecule is Cc1cc(C)c(SN(Cc2ccc(-c3cccc(SCC(=O)O)c3)cc2)Cc2nc(C(F)(F)F)cs2)c(C)c1. The Labute approximate surface area is 238 Å². The van der Waals surface area contributed by atoms with E-state index in [9.17, 15) is 18.0 Å². The second-order valence-corrected chi connectivity index (χ2v) is 12.2. The van der Waals surface area contributed by atoms with Gasteiger partial charge in [0.2, 0.25) is 0 Å². The Morgan fingerprint density at radius 1 is 0.974 bits per heavy atom. The standard InChI is InChI=1S/C29H27F3N2O2S3/c1-18-11-19(2)28(20(3)12-18)39-34(15-26-33-25(16-38-26)29(30,31)32)14-21-7-9-22(10-8-21)23-5-4-6-24(13-23)37-17-27(35)36/h4-13,16H,14-15,17H2,1-3H3,(H,35,36). The number of carbonyl (C=O) groups is 1. The van der Waals surface area contributed by atoms with Crippen molar-refractivity contribution in [2.75, 3.05) is 5.75 Å². The summed E-state index contributed by atoms with van der Waals surface area (Å²) in [5, 5.41) is 10.4. The number of halogens is 3.